The molecule has 0 amide bonds. The molecule has 8 nitrogen and oxygen atoms in total. The van der Waals surface area contributed by atoms with E-state index >= 15 is 0 Å². The number of hydrogen-bond acceptors (Lipinski definition) is 6. The lowest BCUT2D eigenvalue weighted by molar-refractivity contribution is -0.143. The highest BCUT2D eigenvalue weighted by Gasteiger charge is 2.00. The summed E-state index contributed by atoms with van der Waals surface area (Å²) in [4.78, 5) is 19.3. The highest BCUT2D eigenvalue weighted by Crippen LogP contribution is 1.86. The molecule has 0 spiro atoms. The second-order valence-corrected chi connectivity index (χ2v) is 2.94. The van der Waals surface area contributed by atoms with Gasteiger partial charge in [-0.05, 0) is 14.1 Å². The van der Waals surface area contributed by atoms with E-state index in [0.717, 1.165) is 0 Å². The number of carboxylic acids is 2. The zero-order valence-electron chi connectivity index (χ0n) is 10.8. The van der Waals surface area contributed by atoms with Gasteiger partial charge in [-0.15, -0.1) is 0 Å². The highest BCUT2D eigenvalue weighted by molar-refractivity contribution is 5.75. The maximum absolute atomic E-state index is 9.64. The van der Waals surface area contributed by atoms with E-state index in [4.69, 9.17) is 20.4 Å². The first-order chi connectivity index (χ1) is 8.45. The topological polar surface area (TPSA) is 139 Å². The van der Waals surface area contributed by atoms with Gasteiger partial charge < -0.3 is 31.1 Å². The minimum Gasteiger partial charge on any atom is -0.481 e. The zero-order chi connectivity index (χ0) is 14.8. The molecule has 6 N–H and O–H groups in total. The third kappa shape index (κ3) is 46.4. The molecule has 0 aromatic heterocycles. The number of aliphatic hydroxyl groups is 2. The van der Waals surface area contributed by atoms with Crippen molar-refractivity contribution in [3.05, 3.63) is 0 Å². The van der Waals surface area contributed by atoms with Crippen molar-refractivity contribution in [3.63, 3.8) is 0 Å². The average Bonchev–Trinajstić information content (AvgIpc) is 2.30. The van der Waals surface area contributed by atoms with E-state index in [9.17, 15) is 9.59 Å². The molecule has 0 fully saturated rings. The minimum atomic E-state index is -1.08. The standard InChI is InChI=1S/C4H6O4.2C3H9NO/c5-3(6)1-2-4(7)8;2*1-4-2-3-5/h1-2H2,(H,5,6)(H,7,8);2*4-5H,2-3H2,1H3. The number of aliphatic carboxylic acids is 2. The van der Waals surface area contributed by atoms with Gasteiger partial charge >= 0.3 is 11.9 Å². The lowest BCUT2D eigenvalue weighted by Crippen LogP contribution is -2.10. The first-order valence-electron chi connectivity index (χ1n) is 5.40. The van der Waals surface area contributed by atoms with Crippen molar-refractivity contribution < 1.29 is 30.0 Å². The first-order valence-corrected chi connectivity index (χ1v) is 5.40. The van der Waals surface area contributed by atoms with E-state index in [1.54, 1.807) is 14.1 Å². The van der Waals surface area contributed by atoms with Gasteiger partial charge in [0.2, 0.25) is 0 Å². The van der Waals surface area contributed by atoms with Gasteiger partial charge in [0, 0.05) is 13.1 Å². The first kappa shape index (κ1) is 22.0. The molecule has 0 bridgehead atoms. The summed E-state index contributed by atoms with van der Waals surface area (Å²) < 4.78 is 0. The molecular weight excluding hydrogens is 244 g/mol. The third-order valence-corrected chi connectivity index (χ3v) is 1.28. The van der Waals surface area contributed by atoms with Gasteiger partial charge in [0.15, 0.2) is 0 Å². The smallest absolute Gasteiger partial charge is 0.303 e. The lowest BCUT2D eigenvalue weighted by Gasteiger charge is -1.85. The Morgan fingerprint density at radius 3 is 1.17 bits per heavy atom. The monoisotopic (exact) mass is 268 g/mol. The molecule has 110 valence electrons. The van der Waals surface area contributed by atoms with Crippen LogP contribution in [-0.2, 0) is 9.59 Å². The van der Waals surface area contributed by atoms with E-state index in [-0.39, 0.29) is 26.1 Å². The molecule has 0 aromatic carbocycles. The normalized spacial score (nSPS) is 8.44. The van der Waals surface area contributed by atoms with Crippen molar-refractivity contribution in [2.75, 3.05) is 40.4 Å². The number of carboxylic acid groups (broad SMARTS) is 2. The molecule has 18 heavy (non-hydrogen) atoms. The molecule has 0 aliphatic carbocycles. The van der Waals surface area contributed by atoms with Crippen LogP contribution in [0.3, 0.4) is 0 Å². The summed E-state index contributed by atoms with van der Waals surface area (Å²) in [6.45, 7) is 1.85. The van der Waals surface area contributed by atoms with Crippen molar-refractivity contribution >= 4 is 11.9 Å². The van der Waals surface area contributed by atoms with E-state index in [1.807, 2.05) is 0 Å². The summed E-state index contributed by atoms with van der Waals surface area (Å²) in [5.41, 5.74) is 0. The predicted octanol–water partition coefficient (Wildman–Crippen LogP) is -1.67. The van der Waals surface area contributed by atoms with Gasteiger partial charge in [0.1, 0.15) is 0 Å². The van der Waals surface area contributed by atoms with Crippen LogP contribution in [-0.4, -0.2) is 72.8 Å². The van der Waals surface area contributed by atoms with Crippen molar-refractivity contribution in [2.24, 2.45) is 0 Å². The van der Waals surface area contributed by atoms with Crippen LogP contribution in [0.5, 0.6) is 0 Å². The van der Waals surface area contributed by atoms with Gasteiger partial charge in [-0.2, -0.15) is 0 Å². The van der Waals surface area contributed by atoms with Crippen molar-refractivity contribution in [3.8, 4) is 0 Å². The summed E-state index contributed by atoms with van der Waals surface area (Å²) in [6.07, 6.45) is -0.593. The Morgan fingerprint density at radius 1 is 0.833 bits per heavy atom. The number of carbonyl (C=O) groups is 2. The van der Waals surface area contributed by atoms with Gasteiger partial charge in [0.05, 0.1) is 26.1 Å². The van der Waals surface area contributed by atoms with Crippen LogP contribution >= 0.6 is 0 Å². The molecule has 0 unspecified atom stereocenters. The Morgan fingerprint density at radius 2 is 1.11 bits per heavy atom. The van der Waals surface area contributed by atoms with Gasteiger partial charge in [0.25, 0.3) is 0 Å². The molecule has 0 saturated carbocycles. The summed E-state index contributed by atoms with van der Waals surface area (Å²) in [5.74, 6) is -2.15. The Kier molecular flexibility index (Phi) is 25.8. The van der Waals surface area contributed by atoms with Crippen molar-refractivity contribution in [1.29, 1.82) is 0 Å². The van der Waals surface area contributed by atoms with Crippen LogP contribution in [0.15, 0.2) is 0 Å². The molecule has 8 heteroatoms. The second kappa shape index (κ2) is 21.1. The number of aliphatic hydroxyl groups excluding tert-OH is 2. The predicted molar refractivity (Wildman–Crippen MR) is 66.5 cm³/mol. The molecule has 0 heterocycles. The summed E-state index contributed by atoms with van der Waals surface area (Å²) >= 11 is 0. The van der Waals surface area contributed by atoms with Crippen LogP contribution in [0.25, 0.3) is 0 Å². The van der Waals surface area contributed by atoms with Gasteiger partial charge in [-0.3, -0.25) is 9.59 Å². The fourth-order valence-corrected chi connectivity index (χ4v) is 0.437. The highest BCUT2D eigenvalue weighted by atomic mass is 16.4. The molecule has 0 saturated heterocycles. The SMILES string of the molecule is CNCCO.CNCCO.O=C(O)CCC(=O)O. The van der Waals surface area contributed by atoms with Crippen LogP contribution in [0.4, 0.5) is 0 Å². The van der Waals surface area contributed by atoms with E-state index in [0.29, 0.717) is 13.1 Å². The molecule has 0 aromatic rings. The van der Waals surface area contributed by atoms with Crippen molar-refractivity contribution in [1.82, 2.24) is 10.6 Å². The van der Waals surface area contributed by atoms with E-state index in [1.165, 1.54) is 0 Å². The number of rotatable bonds is 7. The minimum absolute atomic E-state index is 0.233. The van der Waals surface area contributed by atoms with Gasteiger partial charge in [-0.25, -0.2) is 0 Å². The fraction of sp³-hybridized carbons (Fsp3) is 0.800. The Bertz CT molecular complexity index is 165. The number of likely N-dealkylation sites (N-methyl/N-ethyl adjacent to an activating group) is 2. The molecule has 0 rings (SSSR count). The molecule has 0 atom stereocenters. The maximum atomic E-state index is 9.64. The quantitative estimate of drug-likeness (QED) is 0.322. The Hall–Kier alpha value is -1.22. The molecular formula is C10H24N2O6. The summed E-state index contributed by atoms with van der Waals surface area (Å²) in [6, 6.07) is 0. The Balaban J connectivity index is -0.000000197. The third-order valence-electron chi connectivity index (χ3n) is 1.28. The average molecular weight is 268 g/mol. The largest absolute Gasteiger partial charge is 0.481 e. The van der Waals surface area contributed by atoms with Gasteiger partial charge in [-0.1, -0.05) is 0 Å². The molecule has 0 aliphatic heterocycles. The van der Waals surface area contributed by atoms with Crippen LogP contribution in [0.2, 0.25) is 0 Å². The maximum Gasteiger partial charge on any atom is 0.303 e. The number of nitrogens with one attached hydrogen (secondary N) is 2. The number of hydrogen-bond donors (Lipinski definition) is 6. The zero-order valence-corrected chi connectivity index (χ0v) is 10.8. The van der Waals surface area contributed by atoms with Crippen LogP contribution < -0.4 is 10.6 Å². The molecule has 0 radical (unpaired) electrons. The molecule has 0 aliphatic rings. The summed E-state index contributed by atoms with van der Waals surface area (Å²) in [7, 11) is 3.60. The fourth-order valence-electron chi connectivity index (χ4n) is 0.437. The van der Waals surface area contributed by atoms with E-state index < -0.39 is 11.9 Å². The Labute approximate surface area is 107 Å². The van der Waals surface area contributed by atoms with Crippen LogP contribution in [0.1, 0.15) is 12.8 Å². The lowest BCUT2D eigenvalue weighted by atomic mass is 10.3. The van der Waals surface area contributed by atoms with Crippen molar-refractivity contribution in [2.45, 2.75) is 12.8 Å². The summed E-state index contributed by atoms with van der Waals surface area (Å²) in [5, 5.41) is 37.3. The second-order valence-electron chi connectivity index (χ2n) is 2.94. The van der Waals surface area contributed by atoms with E-state index in [2.05, 4.69) is 10.6 Å². The van der Waals surface area contributed by atoms with Crippen LogP contribution in [0, 0.1) is 0 Å².